The number of H-pyrrole nitrogens is 1. The Kier molecular flexibility index (Phi) is 3.87. The number of amides is 1. The van der Waals surface area contributed by atoms with Crippen LogP contribution in [0.25, 0.3) is 0 Å². The van der Waals surface area contributed by atoms with E-state index in [-0.39, 0.29) is 5.91 Å². The van der Waals surface area contributed by atoms with Gasteiger partial charge in [-0.1, -0.05) is 5.16 Å². The van der Waals surface area contributed by atoms with Crippen molar-refractivity contribution in [3.63, 3.8) is 0 Å². The summed E-state index contributed by atoms with van der Waals surface area (Å²) >= 11 is 0. The van der Waals surface area contributed by atoms with E-state index in [9.17, 15) is 4.79 Å². The number of nitrogens with zero attached hydrogens (tertiary/aromatic N) is 4. The van der Waals surface area contributed by atoms with E-state index < -0.39 is 0 Å². The van der Waals surface area contributed by atoms with Crippen molar-refractivity contribution < 1.29 is 9.32 Å². The molecule has 2 aliphatic rings. The van der Waals surface area contributed by atoms with Crippen LogP contribution in [0.15, 0.2) is 16.9 Å². The lowest BCUT2D eigenvalue weighted by atomic mass is 9.95. The van der Waals surface area contributed by atoms with Crippen molar-refractivity contribution >= 4 is 5.91 Å². The first-order chi connectivity index (χ1) is 11.3. The molecule has 1 saturated heterocycles. The first-order valence-corrected chi connectivity index (χ1v) is 8.28. The number of hydrogen-bond acceptors (Lipinski definition) is 5. The molecule has 1 fully saturated rings. The maximum atomic E-state index is 12.8. The number of nitrogens with one attached hydrogen (secondary N) is 1. The van der Waals surface area contributed by atoms with Gasteiger partial charge in [0.05, 0.1) is 5.69 Å². The fourth-order valence-corrected chi connectivity index (χ4v) is 3.46. The first-order valence-electron chi connectivity index (χ1n) is 8.28. The Labute approximate surface area is 134 Å². The highest BCUT2D eigenvalue weighted by Crippen LogP contribution is 2.23. The summed E-state index contributed by atoms with van der Waals surface area (Å²) in [5, 5.41) is 11.3. The van der Waals surface area contributed by atoms with Crippen molar-refractivity contribution in [1.29, 1.82) is 0 Å². The zero-order valence-electron chi connectivity index (χ0n) is 13.1. The Balaban J connectivity index is 1.38. The van der Waals surface area contributed by atoms with Gasteiger partial charge in [0.25, 0.3) is 5.91 Å². The topological polar surface area (TPSA) is 78.3 Å². The minimum Gasteiger partial charge on any atom is -0.364 e. The van der Waals surface area contributed by atoms with Crippen LogP contribution in [0, 0.1) is 0 Å². The molecule has 0 atom stereocenters. The monoisotopic (exact) mass is 315 g/mol. The molecule has 2 aromatic rings. The van der Waals surface area contributed by atoms with Crippen molar-refractivity contribution in [3.8, 4) is 0 Å². The summed E-state index contributed by atoms with van der Waals surface area (Å²) in [5.74, 6) is 0.0745. The maximum absolute atomic E-state index is 12.8. The van der Waals surface area contributed by atoms with Gasteiger partial charge in [0.15, 0.2) is 5.69 Å². The third kappa shape index (κ3) is 2.88. The molecule has 0 unspecified atom stereocenters. The van der Waals surface area contributed by atoms with E-state index in [0.717, 1.165) is 68.9 Å². The van der Waals surface area contributed by atoms with Crippen molar-refractivity contribution in [2.45, 2.75) is 32.2 Å². The normalized spacial score (nSPS) is 18.9. The molecule has 1 aliphatic heterocycles. The summed E-state index contributed by atoms with van der Waals surface area (Å²) in [5.41, 5.74) is 3.88. The van der Waals surface area contributed by atoms with Crippen LogP contribution in [0.2, 0.25) is 0 Å². The molecule has 7 nitrogen and oxygen atoms in total. The standard InChI is InChI=1S/C16H21N5O2/c22-16(15-13-3-1-2-4-14(13)17-18-15)21-8-6-20(7-9-21)11-12-5-10-23-19-12/h5,10H,1-4,6-9,11H2,(H,17,18). The molecule has 0 radical (unpaired) electrons. The Morgan fingerprint density at radius 1 is 1.22 bits per heavy atom. The number of carbonyl (C=O) groups is 1. The second kappa shape index (κ2) is 6.16. The molecule has 3 heterocycles. The molecule has 23 heavy (non-hydrogen) atoms. The SMILES string of the molecule is O=C(c1n[nH]c2c1CCCC2)N1CCN(Cc2ccon2)CC1. The van der Waals surface area contributed by atoms with Gasteiger partial charge >= 0.3 is 0 Å². The number of aromatic nitrogens is 3. The molecule has 7 heteroatoms. The molecule has 122 valence electrons. The van der Waals surface area contributed by atoms with Gasteiger partial charge < -0.3 is 9.42 Å². The van der Waals surface area contributed by atoms with E-state index in [1.54, 1.807) is 6.26 Å². The van der Waals surface area contributed by atoms with Crippen LogP contribution in [-0.4, -0.2) is 57.2 Å². The Morgan fingerprint density at radius 3 is 2.83 bits per heavy atom. The van der Waals surface area contributed by atoms with Crippen LogP contribution in [-0.2, 0) is 19.4 Å². The second-order valence-corrected chi connectivity index (χ2v) is 6.30. The Morgan fingerprint density at radius 2 is 2.04 bits per heavy atom. The largest absolute Gasteiger partial charge is 0.364 e. The number of aromatic amines is 1. The van der Waals surface area contributed by atoms with Gasteiger partial charge in [0.1, 0.15) is 6.26 Å². The van der Waals surface area contributed by atoms with Crippen LogP contribution in [0.4, 0.5) is 0 Å². The lowest BCUT2D eigenvalue weighted by Gasteiger charge is -2.34. The molecule has 0 spiro atoms. The molecular weight excluding hydrogens is 294 g/mol. The van der Waals surface area contributed by atoms with Crippen LogP contribution >= 0.6 is 0 Å². The molecule has 1 N–H and O–H groups in total. The Hall–Kier alpha value is -2.15. The highest BCUT2D eigenvalue weighted by molar-refractivity contribution is 5.94. The highest BCUT2D eigenvalue weighted by atomic mass is 16.5. The third-order valence-corrected chi connectivity index (χ3v) is 4.80. The lowest BCUT2D eigenvalue weighted by Crippen LogP contribution is -2.48. The first kappa shape index (κ1) is 14.4. The average Bonchev–Trinajstić information content (AvgIpc) is 3.24. The van der Waals surface area contributed by atoms with Crippen LogP contribution in [0.3, 0.4) is 0 Å². The van der Waals surface area contributed by atoms with E-state index in [1.807, 2.05) is 11.0 Å². The van der Waals surface area contributed by atoms with Gasteiger partial charge in [0.2, 0.25) is 0 Å². The van der Waals surface area contributed by atoms with Gasteiger partial charge in [0, 0.05) is 50.0 Å². The molecule has 4 rings (SSSR count). The number of hydrogen-bond donors (Lipinski definition) is 1. The number of piperazine rings is 1. The lowest BCUT2D eigenvalue weighted by molar-refractivity contribution is 0.0618. The quantitative estimate of drug-likeness (QED) is 0.922. The summed E-state index contributed by atoms with van der Waals surface area (Å²) in [6.45, 7) is 3.95. The minimum atomic E-state index is 0.0745. The maximum Gasteiger partial charge on any atom is 0.274 e. The summed E-state index contributed by atoms with van der Waals surface area (Å²) < 4.78 is 4.86. The van der Waals surface area contributed by atoms with Crippen LogP contribution in [0.1, 0.15) is 40.3 Å². The van der Waals surface area contributed by atoms with E-state index in [1.165, 1.54) is 6.42 Å². The molecular formula is C16H21N5O2. The van der Waals surface area contributed by atoms with Gasteiger partial charge in [-0.05, 0) is 25.7 Å². The summed E-state index contributed by atoms with van der Waals surface area (Å²) in [4.78, 5) is 17.0. The fraction of sp³-hybridized carbons (Fsp3) is 0.562. The van der Waals surface area contributed by atoms with Crippen LogP contribution < -0.4 is 0 Å². The molecule has 0 bridgehead atoms. The summed E-state index contributed by atoms with van der Waals surface area (Å²) in [7, 11) is 0. The summed E-state index contributed by atoms with van der Waals surface area (Å²) in [6.07, 6.45) is 5.91. The Bertz CT molecular complexity index is 671. The summed E-state index contributed by atoms with van der Waals surface area (Å²) in [6, 6.07) is 1.88. The molecule has 2 aromatic heterocycles. The van der Waals surface area contributed by atoms with E-state index in [4.69, 9.17) is 4.52 Å². The van der Waals surface area contributed by atoms with Crippen LogP contribution in [0.5, 0.6) is 0 Å². The van der Waals surface area contributed by atoms with E-state index in [2.05, 4.69) is 20.3 Å². The van der Waals surface area contributed by atoms with Gasteiger partial charge in [-0.15, -0.1) is 0 Å². The van der Waals surface area contributed by atoms with Gasteiger partial charge in [-0.3, -0.25) is 14.8 Å². The number of fused-ring (bicyclic) bond motifs is 1. The highest BCUT2D eigenvalue weighted by Gasteiger charge is 2.28. The second-order valence-electron chi connectivity index (χ2n) is 6.30. The minimum absolute atomic E-state index is 0.0745. The molecule has 0 aromatic carbocycles. The average molecular weight is 315 g/mol. The predicted octanol–water partition coefficient (Wildman–Crippen LogP) is 1.23. The molecule has 1 aliphatic carbocycles. The van der Waals surface area contributed by atoms with Crippen molar-refractivity contribution in [3.05, 3.63) is 35.0 Å². The van der Waals surface area contributed by atoms with E-state index >= 15 is 0 Å². The van der Waals surface area contributed by atoms with Gasteiger partial charge in [-0.25, -0.2) is 0 Å². The molecule has 0 saturated carbocycles. The smallest absolute Gasteiger partial charge is 0.274 e. The third-order valence-electron chi connectivity index (χ3n) is 4.80. The zero-order valence-corrected chi connectivity index (χ0v) is 13.1. The number of aryl methyl sites for hydroxylation is 1. The van der Waals surface area contributed by atoms with Gasteiger partial charge in [-0.2, -0.15) is 5.10 Å². The van der Waals surface area contributed by atoms with Crippen molar-refractivity contribution in [2.75, 3.05) is 26.2 Å². The van der Waals surface area contributed by atoms with Crippen molar-refractivity contribution in [2.24, 2.45) is 0 Å². The van der Waals surface area contributed by atoms with E-state index in [0.29, 0.717) is 5.69 Å². The number of carbonyl (C=O) groups excluding carboxylic acids is 1. The van der Waals surface area contributed by atoms with Crippen molar-refractivity contribution in [1.82, 2.24) is 25.2 Å². The number of rotatable bonds is 3. The predicted molar refractivity (Wildman–Crippen MR) is 82.9 cm³/mol. The fourth-order valence-electron chi connectivity index (χ4n) is 3.46. The zero-order chi connectivity index (χ0) is 15.6. The molecule has 1 amide bonds.